The number of aromatic nitrogens is 1. The van der Waals surface area contributed by atoms with E-state index in [4.69, 9.17) is 4.74 Å². The van der Waals surface area contributed by atoms with Gasteiger partial charge in [-0.1, -0.05) is 74.9 Å². The molecule has 26 heavy (non-hydrogen) atoms. The molecule has 3 nitrogen and oxygen atoms in total. The Hall–Kier alpha value is -2.16. The van der Waals surface area contributed by atoms with Gasteiger partial charge < -0.3 is 4.74 Å². The van der Waals surface area contributed by atoms with Crippen molar-refractivity contribution in [3.8, 4) is 0 Å². The Balaban J connectivity index is 1.36. The number of nitrogens with zero attached hydrogens (tertiary/aromatic N) is 1. The van der Waals surface area contributed by atoms with Crippen LogP contribution < -0.4 is 0 Å². The Bertz CT molecular complexity index is 598. The lowest BCUT2D eigenvalue weighted by Gasteiger charge is -2.05. The number of esters is 1. The van der Waals surface area contributed by atoms with E-state index < -0.39 is 0 Å². The molecule has 2 rings (SSSR count). The number of rotatable bonds is 13. The predicted octanol–water partition coefficient (Wildman–Crippen LogP) is 5.88. The molecule has 2 aromatic rings. The van der Waals surface area contributed by atoms with E-state index in [1.165, 1.54) is 50.5 Å². The van der Waals surface area contributed by atoms with E-state index in [1.54, 1.807) is 12.4 Å². The van der Waals surface area contributed by atoms with Crippen LogP contribution in [0.1, 0.15) is 68.9 Å². The Kier molecular flexibility index (Phi) is 10.2. The van der Waals surface area contributed by atoms with Gasteiger partial charge in [0.1, 0.15) is 6.61 Å². The van der Waals surface area contributed by atoms with Crippen LogP contribution in [0.15, 0.2) is 54.9 Å². The third kappa shape index (κ3) is 9.36. The van der Waals surface area contributed by atoms with Gasteiger partial charge in [-0.3, -0.25) is 9.78 Å². The molecule has 0 fully saturated rings. The quantitative estimate of drug-likeness (QED) is 0.333. The highest BCUT2D eigenvalue weighted by Crippen LogP contribution is 2.12. The van der Waals surface area contributed by atoms with Crippen molar-refractivity contribution in [2.45, 2.75) is 70.8 Å². The first kappa shape index (κ1) is 20.2. The third-order valence-corrected chi connectivity index (χ3v) is 4.56. The van der Waals surface area contributed by atoms with Gasteiger partial charge in [0, 0.05) is 24.4 Å². The minimum atomic E-state index is -0.102. The SMILES string of the molecule is O=C(CCCCCCCCCCc1ccccc1)OCc1cccnc1. The first-order valence-electron chi connectivity index (χ1n) is 9.93. The second-order valence-electron chi connectivity index (χ2n) is 6.84. The summed E-state index contributed by atoms with van der Waals surface area (Å²) in [4.78, 5) is 15.7. The monoisotopic (exact) mass is 353 g/mol. The molecule has 0 aliphatic carbocycles. The van der Waals surface area contributed by atoms with Crippen molar-refractivity contribution in [2.24, 2.45) is 0 Å². The zero-order valence-corrected chi connectivity index (χ0v) is 15.7. The van der Waals surface area contributed by atoms with E-state index >= 15 is 0 Å². The normalized spacial score (nSPS) is 10.6. The van der Waals surface area contributed by atoms with Crippen molar-refractivity contribution in [1.29, 1.82) is 0 Å². The number of carbonyl (C=O) groups excluding carboxylic acids is 1. The summed E-state index contributed by atoms with van der Waals surface area (Å²) in [5.41, 5.74) is 2.39. The van der Waals surface area contributed by atoms with Crippen LogP contribution in [0, 0.1) is 0 Å². The second kappa shape index (κ2) is 13.1. The number of benzene rings is 1. The number of aryl methyl sites for hydroxylation is 1. The third-order valence-electron chi connectivity index (χ3n) is 4.56. The average molecular weight is 354 g/mol. The Labute approximate surface area is 157 Å². The molecule has 0 amide bonds. The maximum absolute atomic E-state index is 11.7. The van der Waals surface area contributed by atoms with Crippen LogP contribution in [0.3, 0.4) is 0 Å². The average Bonchev–Trinajstić information content (AvgIpc) is 2.69. The maximum Gasteiger partial charge on any atom is 0.306 e. The van der Waals surface area contributed by atoms with Gasteiger partial charge in [-0.25, -0.2) is 0 Å². The lowest BCUT2D eigenvalue weighted by atomic mass is 10.0. The summed E-state index contributed by atoms with van der Waals surface area (Å²) in [5, 5.41) is 0. The number of hydrogen-bond acceptors (Lipinski definition) is 3. The van der Waals surface area contributed by atoms with Crippen LogP contribution in [-0.4, -0.2) is 11.0 Å². The molecule has 1 aromatic carbocycles. The largest absolute Gasteiger partial charge is 0.461 e. The fourth-order valence-electron chi connectivity index (χ4n) is 3.02. The summed E-state index contributed by atoms with van der Waals surface area (Å²) >= 11 is 0. The first-order chi connectivity index (χ1) is 12.8. The summed E-state index contributed by atoms with van der Waals surface area (Å²) < 4.78 is 5.26. The molecule has 3 heteroatoms. The highest BCUT2D eigenvalue weighted by Gasteiger charge is 2.03. The van der Waals surface area contributed by atoms with E-state index in [-0.39, 0.29) is 5.97 Å². The number of carbonyl (C=O) groups is 1. The fourth-order valence-corrected chi connectivity index (χ4v) is 3.02. The highest BCUT2D eigenvalue weighted by molar-refractivity contribution is 5.69. The van der Waals surface area contributed by atoms with Gasteiger partial charge in [-0.2, -0.15) is 0 Å². The standard InChI is InChI=1S/C23H31NO2/c25-23(26-20-22-16-12-18-24-19-22)17-11-6-4-2-1-3-5-8-13-21-14-9-7-10-15-21/h7,9-10,12,14-16,18-19H,1-6,8,11,13,17,20H2. The first-order valence-corrected chi connectivity index (χ1v) is 9.93. The van der Waals surface area contributed by atoms with Crippen LogP contribution in [-0.2, 0) is 22.6 Å². The number of hydrogen-bond donors (Lipinski definition) is 0. The van der Waals surface area contributed by atoms with Gasteiger partial charge in [0.2, 0.25) is 0 Å². The molecule has 1 heterocycles. The Morgan fingerprint density at radius 1 is 0.769 bits per heavy atom. The van der Waals surface area contributed by atoms with Crippen molar-refractivity contribution in [3.05, 3.63) is 66.0 Å². The highest BCUT2D eigenvalue weighted by atomic mass is 16.5. The van der Waals surface area contributed by atoms with Crippen molar-refractivity contribution >= 4 is 5.97 Å². The number of pyridine rings is 1. The zero-order valence-electron chi connectivity index (χ0n) is 15.7. The van der Waals surface area contributed by atoms with Crippen LogP contribution in [0.4, 0.5) is 0 Å². The van der Waals surface area contributed by atoms with E-state index in [9.17, 15) is 4.79 Å². The second-order valence-corrected chi connectivity index (χ2v) is 6.84. The number of unbranched alkanes of at least 4 members (excludes halogenated alkanes) is 7. The lowest BCUT2D eigenvalue weighted by Crippen LogP contribution is -2.04. The number of ether oxygens (including phenoxy) is 1. The van der Waals surface area contributed by atoms with Gasteiger partial charge in [-0.05, 0) is 30.9 Å². The van der Waals surface area contributed by atoms with Crippen molar-refractivity contribution < 1.29 is 9.53 Å². The van der Waals surface area contributed by atoms with E-state index in [0.717, 1.165) is 18.4 Å². The zero-order chi connectivity index (χ0) is 18.3. The molecule has 0 radical (unpaired) electrons. The van der Waals surface area contributed by atoms with Gasteiger partial charge in [0.05, 0.1) is 0 Å². The van der Waals surface area contributed by atoms with E-state index in [2.05, 4.69) is 35.3 Å². The molecule has 0 atom stereocenters. The van der Waals surface area contributed by atoms with Gasteiger partial charge in [0.25, 0.3) is 0 Å². The van der Waals surface area contributed by atoms with Gasteiger partial charge in [-0.15, -0.1) is 0 Å². The summed E-state index contributed by atoms with van der Waals surface area (Å²) in [5.74, 6) is -0.102. The van der Waals surface area contributed by atoms with Crippen molar-refractivity contribution in [1.82, 2.24) is 4.98 Å². The summed E-state index contributed by atoms with van der Waals surface area (Å²) in [7, 11) is 0. The van der Waals surface area contributed by atoms with Crippen LogP contribution in [0.2, 0.25) is 0 Å². The molecule has 0 saturated heterocycles. The van der Waals surface area contributed by atoms with Crippen molar-refractivity contribution in [2.75, 3.05) is 0 Å². The van der Waals surface area contributed by atoms with Gasteiger partial charge in [0.15, 0.2) is 0 Å². The van der Waals surface area contributed by atoms with Crippen molar-refractivity contribution in [3.63, 3.8) is 0 Å². The lowest BCUT2D eigenvalue weighted by molar-refractivity contribution is -0.145. The smallest absolute Gasteiger partial charge is 0.306 e. The van der Waals surface area contributed by atoms with Crippen LogP contribution in [0.5, 0.6) is 0 Å². The molecule has 0 unspecified atom stereocenters. The van der Waals surface area contributed by atoms with Gasteiger partial charge >= 0.3 is 5.97 Å². The summed E-state index contributed by atoms with van der Waals surface area (Å²) in [6, 6.07) is 14.5. The van der Waals surface area contributed by atoms with Crippen LogP contribution in [0.25, 0.3) is 0 Å². The molecule has 0 bridgehead atoms. The summed E-state index contributed by atoms with van der Waals surface area (Å²) in [6.45, 7) is 0.329. The molecule has 0 spiro atoms. The minimum absolute atomic E-state index is 0.102. The molecule has 0 saturated carbocycles. The van der Waals surface area contributed by atoms with E-state index in [1.807, 2.05) is 12.1 Å². The predicted molar refractivity (Wildman–Crippen MR) is 106 cm³/mol. The van der Waals surface area contributed by atoms with E-state index in [0.29, 0.717) is 13.0 Å². The molecule has 0 aliphatic rings. The molecular formula is C23H31NO2. The Morgan fingerprint density at radius 2 is 1.42 bits per heavy atom. The molecule has 0 aliphatic heterocycles. The molecule has 1 aromatic heterocycles. The fraction of sp³-hybridized carbons (Fsp3) is 0.478. The Morgan fingerprint density at radius 3 is 2.12 bits per heavy atom. The minimum Gasteiger partial charge on any atom is -0.461 e. The topological polar surface area (TPSA) is 39.2 Å². The molecule has 0 N–H and O–H groups in total. The molecular weight excluding hydrogens is 322 g/mol. The maximum atomic E-state index is 11.7. The molecule has 140 valence electrons. The summed E-state index contributed by atoms with van der Waals surface area (Å²) in [6.07, 6.45) is 14.9. The van der Waals surface area contributed by atoms with Crippen LogP contribution >= 0.6 is 0 Å².